The molecule has 0 unspecified atom stereocenters. The third kappa shape index (κ3) is 4.53. The van der Waals surface area contributed by atoms with E-state index in [0.29, 0.717) is 25.5 Å². The summed E-state index contributed by atoms with van der Waals surface area (Å²) in [6.07, 6.45) is 5.25. The molecule has 30 heavy (non-hydrogen) atoms. The van der Waals surface area contributed by atoms with Gasteiger partial charge in [0.2, 0.25) is 10.0 Å². The van der Waals surface area contributed by atoms with Crippen molar-refractivity contribution in [2.75, 3.05) is 38.5 Å². The third-order valence-corrected chi connectivity index (χ3v) is 7.16. The van der Waals surface area contributed by atoms with E-state index in [0.717, 1.165) is 29.8 Å². The van der Waals surface area contributed by atoms with Crippen molar-refractivity contribution in [3.05, 3.63) is 60.6 Å². The van der Waals surface area contributed by atoms with Crippen molar-refractivity contribution in [1.82, 2.24) is 24.0 Å². The van der Waals surface area contributed by atoms with Crippen LogP contribution in [0.5, 0.6) is 0 Å². The first-order chi connectivity index (χ1) is 14.4. The van der Waals surface area contributed by atoms with Gasteiger partial charge >= 0.3 is 0 Å². The molecule has 1 fully saturated rings. The first kappa shape index (κ1) is 20.5. The van der Waals surface area contributed by atoms with E-state index in [1.54, 1.807) is 16.8 Å². The lowest BCUT2D eigenvalue weighted by atomic mass is 10.1. The lowest BCUT2D eigenvalue weighted by Crippen LogP contribution is -2.47. The molecular formula is C21H26N6O2S. The largest absolute Gasteiger partial charge is 0.366 e. The third-order valence-electron chi connectivity index (χ3n) is 5.28. The highest BCUT2D eigenvalue weighted by molar-refractivity contribution is 7.89. The number of anilines is 1. The van der Waals surface area contributed by atoms with Gasteiger partial charge < -0.3 is 10.2 Å². The Morgan fingerprint density at radius 1 is 1.00 bits per heavy atom. The maximum absolute atomic E-state index is 12.8. The summed E-state index contributed by atoms with van der Waals surface area (Å²) in [6, 6.07) is 11.5. The number of hydrogen-bond donors (Lipinski definition) is 1. The van der Waals surface area contributed by atoms with Crippen molar-refractivity contribution in [2.45, 2.75) is 11.4 Å². The monoisotopic (exact) mass is 426 g/mol. The van der Waals surface area contributed by atoms with Crippen LogP contribution >= 0.6 is 0 Å². The minimum absolute atomic E-state index is 0.233. The van der Waals surface area contributed by atoms with E-state index in [4.69, 9.17) is 0 Å². The number of benzene rings is 1. The average Bonchev–Trinajstić information content (AvgIpc) is 3.19. The van der Waals surface area contributed by atoms with Gasteiger partial charge in [-0.1, -0.05) is 18.2 Å². The van der Waals surface area contributed by atoms with Crippen molar-refractivity contribution in [3.8, 4) is 11.1 Å². The fraction of sp³-hybridized carbons (Fsp3) is 0.333. The van der Waals surface area contributed by atoms with Gasteiger partial charge in [0.15, 0.2) is 0 Å². The zero-order valence-corrected chi connectivity index (χ0v) is 18.0. The van der Waals surface area contributed by atoms with E-state index < -0.39 is 10.0 Å². The van der Waals surface area contributed by atoms with Crippen LogP contribution in [0.4, 0.5) is 5.82 Å². The molecule has 3 heterocycles. The van der Waals surface area contributed by atoms with Crippen LogP contribution in [0.2, 0.25) is 0 Å². The molecule has 0 radical (unpaired) electrons. The number of sulfonamides is 1. The molecule has 1 aromatic carbocycles. The number of aryl methyl sites for hydroxylation is 1. The molecule has 0 atom stereocenters. The lowest BCUT2D eigenvalue weighted by molar-refractivity contribution is 0.222. The van der Waals surface area contributed by atoms with E-state index in [9.17, 15) is 8.42 Å². The summed E-state index contributed by atoms with van der Waals surface area (Å²) >= 11 is 0. The van der Waals surface area contributed by atoms with Gasteiger partial charge in [-0.3, -0.25) is 4.68 Å². The molecule has 1 saturated heterocycles. The molecule has 158 valence electrons. The van der Waals surface area contributed by atoms with Crippen molar-refractivity contribution in [2.24, 2.45) is 7.05 Å². The van der Waals surface area contributed by atoms with Crippen molar-refractivity contribution in [3.63, 3.8) is 0 Å². The highest BCUT2D eigenvalue weighted by Gasteiger charge is 2.27. The zero-order chi connectivity index (χ0) is 21.1. The second kappa shape index (κ2) is 8.55. The van der Waals surface area contributed by atoms with Crippen molar-refractivity contribution >= 4 is 15.8 Å². The van der Waals surface area contributed by atoms with Crippen LogP contribution in [0.1, 0.15) is 5.56 Å². The number of likely N-dealkylation sites (N-methyl/N-ethyl adjacent to an activating group) is 1. The maximum atomic E-state index is 12.8. The van der Waals surface area contributed by atoms with Crippen molar-refractivity contribution < 1.29 is 8.42 Å². The van der Waals surface area contributed by atoms with Gasteiger partial charge in [0, 0.05) is 57.7 Å². The molecular weight excluding hydrogens is 400 g/mol. The normalized spacial score (nSPS) is 15.9. The predicted molar refractivity (Wildman–Crippen MR) is 116 cm³/mol. The van der Waals surface area contributed by atoms with E-state index >= 15 is 0 Å². The Morgan fingerprint density at radius 2 is 1.80 bits per heavy atom. The standard InChI is InChI=1S/C21H26N6O2S/c1-25-8-10-27(11-9-25)30(28,29)20-6-7-21(23-15-20)22-13-17-4-3-5-18(12-17)19-14-24-26(2)16-19/h3-7,12,14-16H,8-11,13H2,1-2H3,(H,22,23). The lowest BCUT2D eigenvalue weighted by Gasteiger charge is -2.31. The molecule has 3 aromatic rings. The van der Waals surface area contributed by atoms with Gasteiger partial charge in [0.25, 0.3) is 0 Å². The minimum atomic E-state index is -3.50. The first-order valence-electron chi connectivity index (χ1n) is 9.88. The number of aromatic nitrogens is 3. The Morgan fingerprint density at radius 3 is 2.47 bits per heavy atom. The molecule has 2 aromatic heterocycles. The van der Waals surface area contributed by atoms with Crippen LogP contribution in [0, 0.1) is 0 Å². The number of nitrogens with zero attached hydrogens (tertiary/aromatic N) is 5. The van der Waals surface area contributed by atoms with Crippen LogP contribution in [0.15, 0.2) is 59.9 Å². The summed E-state index contributed by atoms with van der Waals surface area (Å²) in [7, 11) is 0.400. The molecule has 9 heteroatoms. The Kier molecular flexibility index (Phi) is 5.85. The molecule has 0 saturated carbocycles. The van der Waals surface area contributed by atoms with Crippen molar-refractivity contribution in [1.29, 1.82) is 0 Å². The molecule has 0 bridgehead atoms. The second-order valence-corrected chi connectivity index (χ2v) is 9.48. The quantitative estimate of drug-likeness (QED) is 0.649. The molecule has 1 N–H and O–H groups in total. The van der Waals surface area contributed by atoms with Crippen LogP contribution in [-0.2, 0) is 23.6 Å². The van der Waals surface area contributed by atoms with Gasteiger partial charge in [-0.25, -0.2) is 13.4 Å². The summed E-state index contributed by atoms with van der Waals surface area (Å²) in [6.45, 7) is 3.08. The molecule has 0 aliphatic carbocycles. The number of rotatable bonds is 6. The van der Waals surface area contributed by atoms with Crippen LogP contribution in [0.3, 0.4) is 0 Å². The molecule has 4 rings (SSSR count). The molecule has 1 aliphatic heterocycles. The van der Waals surface area contributed by atoms with Crippen LogP contribution in [0.25, 0.3) is 11.1 Å². The highest BCUT2D eigenvalue weighted by atomic mass is 32.2. The molecule has 8 nitrogen and oxygen atoms in total. The Balaban J connectivity index is 1.41. The topological polar surface area (TPSA) is 83.4 Å². The fourth-order valence-corrected chi connectivity index (χ4v) is 4.81. The van der Waals surface area contributed by atoms with E-state index in [1.807, 2.05) is 38.6 Å². The van der Waals surface area contributed by atoms with E-state index in [2.05, 4.69) is 32.4 Å². The summed E-state index contributed by atoms with van der Waals surface area (Å²) in [5, 5.41) is 7.48. The summed E-state index contributed by atoms with van der Waals surface area (Å²) in [5.74, 6) is 0.638. The Labute approximate surface area is 177 Å². The average molecular weight is 427 g/mol. The zero-order valence-electron chi connectivity index (χ0n) is 17.2. The molecule has 0 amide bonds. The van der Waals surface area contributed by atoms with Gasteiger partial charge in [0.1, 0.15) is 10.7 Å². The summed E-state index contributed by atoms with van der Waals surface area (Å²) in [4.78, 5) is 6.67. The second-order valence-electron chi connectivity index (χ2n) is 7.54. The minimum Gasteiger partial charge on any atom is -0.366 e. The Bertz CT molecular complexity index is 1100. The molecule has 0 spiro atoms. The predicted octanol–water partition coefficient (Wildman–Crippen LogP) is 2.03. The number of nitrogens with one attached hydrogen (secondary N) is 1. The Hall–Kier alpha value is -2.75. The number of pyridine rings is 1. The van der Waals surface area contributed by atoms with Gasteiger partial charge in [-0.15, -0.1) is 0 Å². The van der Waals surface area contributed by atoms with Crippen LogP contribution < -0.4 is 5.32 Å². The summed E-state index contributed by atoms with van der Waals surface area (Å²) in [5.41, 5.74) is 3.27. The van der Waals surface area contributed by atoms with E-state index in [1.165, 1.54) is 10.5 Å². The highest BCUT2D eigenvalue weighted by Crippen LogP contribution is 2.21. The smallest absolute Gasteiger partial charge is 0.244 e. The van der Waals surface area contributed by atoms with Gasteiger partial charge in [0.05, 0.1) is 6.20 Å². The van der Waals surface area contributed by atoms with Gasteiger partial charge in [-0.2, -0.15) is 9.40 Å². The van der Waals surface area contributed by atoms with E-state index in [-0.39, 0.29) is 4.90 Å². The van der Waals surface area contributed by atoms with Gasteiger partial charge in [-0.05, 0) is 36.4 Å². The number of hydrogen-bond acceptors (Lipinski definition) is 6. The number of piperazine rings is 1. The first-order valence-corrected chi connectivity index (χ1v) is 11.3. The van der Waals surface area contributed by atoms with Crippen LogP contribution in [-0.4, -0.2) is 65.6 Å². The fourth-order valence-electron chi connectivity index (χ4n) is 3.44. The summed E-state index contributed by atoms with van der Waals surface area (Å²) < 4.78 is 28.9. The molecule has 1 aliphatic rings. The maximum Gasteiger partial charge on any atom is 0.244 e. The SMILES string of the molecule is CN1CCN(S(=O)(=O)c2ccc(NCc3cccc(-c4cnn(C)c4)c3)nc2)CC1.